The van der Waals surface area contributed by atoms with Crippen molar-refractivity contribution >= 4 is 22.7 Å². The highest BCUT2D eigenvalue weighted by molar-refractivity contribution is 5.77. The summed E-state index contributed by atoms with van der Waals surface area (Å²) in [4.78, 5) is 39.9. The minimum absolute atomic E-state index is 0.0139. The third-order valence-corrected chi connectivity index (χ3v) is 2.43. The zero-order valence-electron chi connectivity index (χ0n) is 10.5. The average molecular weight is 317 g/mol. The molecule has 0 atom stereocenters. The Bertz CT molecular complexity index is 624. The van der Waals surface area contributed by atoms with Crippen LogP contribution in [0.1, 0.15) is 0 Å². The van der Waals surface area contributed by atoms with Crippen molar-refractivity contribution < 1.29 is 24.9 Å². The number of aliphatic hydroxyl groups excluding tert-OH is 1. The Balaban J connectivity index is 3.78. The number of nitrogens with zero attached hydrogens (tertiary/aromatic N) is 5. The van der Waals surface area contributed by atoms with Crippen LogP contribution in [-0.4, -0.2) is 38.1 Å². The van der Waals surface area contributed by atoms with Crippen LogP contribution in [0.2, 0.25) is 0 Å². The molecule has 1 aromatic rings. The molecule has 118 valence electrons. The molecular weight excluding hydrogens is 310 g/mol. The van der Waals surface area contributed by atoms with Crippen LogP contribution in [0.5, 0.6) is 0 Å². The minimum atomic E-state index is -1.22. The molecule has 1 rings (SSSR count). The van der Waals surface area contributed by atoms with Gasteiger partial charge in [-0.3, -0.25) is 30.3 Å². The number of nitro benzene ring substituents is 3. The number of aliphatic hydroxyl groups is 1. The molecule has 0 radical (unpaired) electrons. The molecule has 22 heavy (non-hydrogen) atoms. The van der Waals surface area contributed by atoms with Crippen LogP contribution in [0, 0.1) is 40.5 Å². The summed E-state index contributed by atoms with van der Waals surface area (Å²) < 4.78 is 0. The highest BCUT2D eigenvalue weighted by Crippen LogP contribution is 2.40. The molecule has 0 spiro atoms. The van der Waals surface area contributed by atoms with Crippen LogP contribution in [0.4, 0.5) is 22.7 Å². The van der Waals surface area contributed by atoms with Gasteiger partial charge in [0.05, 0.1) is 33.5 Å². The summed E-state index contributed by atoms with van der Waals surface area (Å²) in [6.45, 7) is -1.61. The van der Waals surface area contributed by atoms with Crippen LogP contribution in [0.15, 0.2) is 12.1 Å². The molecule has 0 saturated carbocycles. The van der Waals surface area contributed by atoms with E-state index in [1.807, 2.05) is 0 Å². The van der Waals surface area contributed by atoms with Crippen molar-refractivity contribution in [1.82, 2.24) is 0 Å². The topological polar surface area (TPSA) is 196 Å². The molecule has 0 bridgehead atoms. The number of hydrazine groups is 1. The van der Waals surface area contributed by atoms with Crippen LogP contribution in [0.3, 0.4) is 0 Å². The molecule has 0 amide bonds. The lowest BCUT2D eigenvalue weighted by molar-refractivity contribution is -0.497. The molecule has 0 heterocycles. The van der Waals surface area contributed by atoms with Crippen molar-refractivity contribution in [2.24, 2.45) is 0 Å². The third kappa shape index (κ3) is 3.18. The molecule has 0 aliphatic carbocycles. The van der Waals surface area contributed by atoms with Crippen molar-refractivity contribution in [2.75, 3.05) is 18.2 Å². The number of hydrogen-bond donors (Lipinski definition) is 1. The second-order valence-electron chi connectivity index (χ2n) is 3.69. The molecule has 1 aromatic carbocycles. The van der Waals surface area contributed by atoms with Crippen molar-refractivity contribution in [3.8, 4) is 0 Å². The van der Waals surface area contributed by atoms with Gasteiger partial charge in [0.15, 0.2) is 5.03 Å². The fraction of sp³-hybridized carbons (Fsp3) is 0.250. The van der Waals surface area contributed by atoms with Crippen LogP contribution in [-0.2, 0) is 0 Å². The van der Waals surface area contributed by atoms with Gasteiger partial charge < -0.3 is 5.11 Å². The molecule has 0 saturated heterocycles. The first-order chi connectivity index (χ1) is 10.2. The highest BCUT2D eigenvalue weighted by Gasteiger charge is 2.38. The van der Waals surface area contributed by atoms with Crippen molar-refractivity contribution in [3.63, 3.8) is 0 Å². The molecule has 14 nitrogen and oxygen atoms in total. The van der Waals surface area contributed by atoms with E-state index < -0.39 is 55.7 Å². The van der Waals surface area contributed by atoms with Gasteiger partial charge in [-0.25, -0.2) is 10.1 Å². The van der Waals surface area contributed by atoms with E-state index in [1.165, 1.54) is 0 Å². The fourth-order valence-electron chi connectivity index (χ4n) is 1.61. The Kier molecular flexibility index (Phi) is 4.80. The van der Waals surface area contributed by atoms with Crippen molar-refractivity contribution in [3.05, 3.63) is 52.6 Å². The summed E-state index contributed by atoms with van der Waals surface area (Å²) in [6, 6.07) is 0.742. The SMILES string of the molecule is O=[N+]([O-])c1cc([N+](=O)[O-])c(N(CCO)[N+](=O)[O-])c([N+](=O)[O-])c1. The fourth-order valence-corrected chi connectivity index (χ4v) is 1.61. The molecule has 0 aliphatic heterocycles. The summed E-state index contributed by atoms with van der Waals surface area (Å²) in [6.07, 6.45) is 0. The molecule has 0 unspecified atom stereocenters. The van der Waals surface area contributed by atoms with Gasteiger partial charge in [-0.2, -0.15) is 0 Å². The first-order valence-electron chi connectivity index (χ1n) is 5.34. The maximum absolute atomic E-state index is 11.0. The van der Waals surface area contributed by atoms with Gasteiger partial charge in [0.25, 0.3) is 11.4 Å². The van der Waals surface area contributed by atoms with Gasteiger partial charge in [-0.1, -0.05) is 5.01 Å². The monoisotopic (exact) mass is 317 g/mol. The van der Waals surface area contributed by atoms with Gasteiger partial charge in [-0.15, -0.1) is 0 Å². The van der Waals surface area contributed by atoms with E-state index >= 15 is 0 Å². The summed E-state index contributed by atoms with van der Waals surface area (Å²) in [5.41, 5.74) is -4.40. The predicted molar refractivity (Wildman–Crippen MR) is 67.8 cm³/mol. The highest BCUT2D eigenvalue weighted by atomic mass is 16.7. The summed E-state index contributed by atoms with van der Waals surface area (Å²) >= 11 is 0. The van der Waals surface area contributed by atoms with E-state index in [2.05, 4.69) is 0 Å². The zero-order chi connectivity index (χ0) is 17.0. The lowest BCUT2D eigenvalue weighted by Crippen LogP contribution is -2.33. The Morgan fingerprint density at radius 3 is 1.64 bits per heavy atom. The van der Waals surface area contributed by atoms with Gasteiger partial charge in [-0.05, 0) is 0 Å². The van der Waals surface area contributed by atoms with Crippen molar-refractivity contribution in [2.45, 2.75) is 0 Å². The normalized spacial score (nSPS) is 10.0. The molecule has 0 fully saturated rings. The van der Waals surface area contributed by atoms with E-state index in [-0.39, 0.29) is 5.01 Å². The molecule has 0 aliphatic rings. The van der Waals surface area contributed by atoms with Gasteiger partial charge in [0.2, 0.25) is 0 Å². The minimum Gasteiger partial charge on any atom is -0.394 e. The summed E-state index contributed by atoms with van der Waals surface area (Å²) in [7, 11) is 0. The Morgan fingerprint density at radius 1 is 0.909 bits per heavy atom. The summed E-state index contributed by atoms with van der Waals surface area (Å²) in [5.74, 6) is 0. The molecular formula is C8H7N5O9. The number of hydrogen-bond acceptors (Lipinski definition) is 9. The van der Waals surface area contributed by atoms with Gasteiger partial charge in [0.1, 0.15) is 6.54 Å². The Morgan fingerprint density at radius 2 is 1.36 bits per heavy atom. The molecule has 14 heteroatoms. The number of non-ortho nitro benzene ring substituents is 1. The Labute approximate surface area is 119 Å². The van der Waals surface area contributed by atoms with Gasteiger partial charge in [0, 0.05) is 0 Å². The lowest BCUT2D eigenvalue weighted by Gasteiger charge is -2.12. The van der Waals surface area contributed by atoms with Gasteiger partial charge >= 0.3 is 11.4 Å². The molecule has 0 aromatic heterocycles. The largest absolute Gasteiger partial charge is 0.394 e. The number of benzene rings is 1. The maximum atomic E-state index is 11.0. The van der Waals surface area contributed by atoms with Crippen molar-refractivity contribution in [1.29, 1.82) is 0 Å². The predicted octanol–water partition coefficient (Wildman–Crippen LogP) is 0.402. The van der Waals surface area contributed by atoms with E-state index in [1.54, 1.807) is 0 Å². The summed E-state index contributed by atoms with van der Waals surface area (Å²) in [5, 5.41) is 51.0. The standard InChI is InChI=1S/C8H7N5O9/c14-2-1-9(13(21)22)8-6(11(17)18)3-5(10(15)16)4-7(8)12(19)20/h3-4,14H,1-2H2. The second-order valence-corrected chi connectivity index (χ2v) is 3.69. The average Bonchev–Trinajstić information content (AvgIpc) is 2.42. The second kappa shape index (κ2) is 6.35. The Hall–Kier alpha value is -3.42. The number of anilines is 1. The van der Waals surface area contributed by atoms with E-state index in [4.69, 9.17) is 5.11 Å². The molecule has 1 N–H and O–H groups in total. The van der Waals surface area contributed by atoms with Crippen LogP contribution in [0.25, 0.3) is 0 Å². The third-order valence-electron chi connectivity index (χ3n) is 2.43. The lowest BCUT2D eigenvalue weighted by atomic mass is 10.2. The number of nitro groups is 4. The smallest absolute Gasteiger partial charge is 0.312 e. The number of rotatable bonds is 7. The first kappa shape index (κ1) is 16.6. The zero-order valence-corrected chi connectivity index (χ0v) is 10.5. The van der Waals surface area contributed by atoms with E-state index in [9.17, 15) is 40.5 Å². The quantitative estimate of drug-likeness (QED) is 0.542. The maximum Gasteiger partial charge on any atom is 0.312 e. The van der Waals surface area contributed by atoms with E-state index in [0.717, 1.165) is 0 Å². The van der Waals surface area contributed by atoms with Crippen LogP contribution >= 0.6 is 0 Å². The van der Waals surface area contributed by atoms with Crippen LogP contribution < -0.4 is 5.01 Å². The van der Waals surface area contributed by atoms with E-state index in [0.29, 0.717) is 12.1 Å². The first-order valence-corrected chi connectivity index (χ1v) is 5.34.